The van der Waals surface area contributed by atoms with E-state index in [-0.39, 0.29) is 11.2 Å². The van der Waals surface area contributed by atoms with E-state index in [1.807, 2.05) is 0 Å². The van der Waals surface area contributed by atoms with Crippen LogP contribution >= 0.6 is 0 Å². The lowest BCUT2D eigenvalue weighted by atomic mass is 9.67. The van der Waals surface area contributed by atoms with E-state index in [2.05, 4.69) is 32.9 Å². The van der Waals surface area contributed by atoms with Crippen LogP contribution in [0.25, 0.3) is 0 Å². The van der Waals surface area contributed by atoms with Gasteiger partial charge in [0.1, 0.15) is 5.82 Å². The molecule has 2 aliphatic rings. The number of hydrogen-bond donors (Lipinski definition) is 0. The molecule has 0 N–H and O–H groups in total. The number of benzene rings is 1. The monoisotopic (exact) mass is 338 g/mol. The Kier molecular flexibility index (Phi) is 3.99. The third kappa shape index (κ3) is 2.47. The molecule has 1 spiro atoms. The van der Waals surface area contributed by atoms with Gasteiger partial charge in [-0.15, -0.1) is 0 Å². The minimum absolute atomic E-state index is 0.189. The molecule has 130 valence electrons. The molecule has 0 heterocycles. The van der Waals surface area contributed by atoms with E-state index in [0.29, 0.717) is 11.5 Å². The molecule has 0 radical (unpaired) electrons. The van der Waals surface area contributed by atoms with Crippen molar-refractivity contribution in [2.24, 2.45) is 28.1 Å². The second kappa shape index (κ2) is 5.67. The molecule has 1 atom stereocenters. The zero-order valence-electron chi connectivity index (χ0n) is 15.0. The van der Waals surface area contributed by atoms with Crippen molar-refractivity contribution in [1.82, 2.24) is 0 Å². The predicted molar refractivity (Wildman–Crippen MR) is 91.7 cm³/mol. The lowest BCUT2D eigenvalue weighted by molar-refractivity contribution is 0.0905. The third-order valence-corrected chi connectivity index (χ3v) is 6.53. The fourth-order valence-corrected chi connectivity index (χ4v) is 4.88. The van der Waals surface area contributed by atoms with Crippen LogP contribution in [-0.2, 0) is 0 Å². The van der Waals surface area contributed by atoms with Crippen LogP contribution in [0.15, 0.2) is 24.3 Å². The normalized spacial score (nSPS) is 30.3. The molecule has 4 heteroatoms. The second-order valence-corrected chi connectivity index (χ2v) is 8.63. The highest BCUT2D eigenvalue weighted by Crippen LogP contribution is 2.76. The summed E-state index contributed by atoms with van der Waals surface area (Å²) in [6, 6.07) is 9.74. The van der Waals surface area contributed by atoms with Gasteiger partial charge in [0.15, 0.2) is 11.2 Å². The van der Waals surface area contributed by atoms with Gasteiger partial charge in [-0.05, 0) is 61.3 Å². The third-order valence-electron chi connectivity index (χ3n) is 6.53. The molecule has 2 fully saturated rings. The maximum Gasteiger partial charge on any atom is 0.169 e. The first-order valence-electron chi connectivity index (χ1n) is 8.84. The molecule has 0 bridgehead atoms. The fraction of sp³-hybridized carbons (Fsp3) is 0.571. The van der Waals surface area contributed by atoms with Crippen LogP contribution in [0.1, 0.15) is 56.8 Å². The number of nitriles is 2. The zero-order chi connectivity index (χ0) is 18.5. The minimum atomic E-state index is -1.23. The molecule has 3 nitrogen and oxygen atoms in total. The van der Waals surface area contributed by atoms with Gasteiger partial charge in [0.05, 0.1) is 18.1 Å². The number of ketones is 1. The molecule has 25 heavy (non-hydrogen) atoms. The van der Waals surface area contributed by atoms with Gasteiger partial charge >= 0.3 is 0 Å². The lowest BCUT2D eigenvalue weighted by Gasteiger charge is -2.38. The van der Waals surface area contributed by atoms with Gasteiger partial charge < -0.3 is 0 Å². The van der Waals surface area contributed by atoms with Crippen molar-refractivity contribution in [1.29, 1.82) is 10.5 Å². The summed E-state index contributed by atoms with van der Waals surface area (Å²) in [5.74, 6) is -0.659. The molecule has 1 aromatic carbocycles. The van der Waals surface area contributed by atoms with Crippen LogP contribution in [0.3, 0.4) is 0 Å². The standard InChI is InChI=1S/C21H23FN2O/c1-19(2,3)15-8-10-20(11-9-15)18(21(20,12-23)13-24)17(25)14-4-6-16(22)7-5-14/h4-7,15,18H,8-11H2,1-3H3/t15?,18-,20?/m1/s1. The fourth-order valence-electron chi connectivity index (χ4n) is 4.88. The van der Waals surface area contributed by atoms with Crippen molar-refractivity contribution in [3.8, 4) is 12.1 Å². The van der Waals surface area contributed by atoms with Crippen molar-refractivity contribution in [3.63, 3.8) is 0 Å². The Morgan fingerprint density at radius 1 is 1.12 bits per heavy atom. The quantitative estimate of drug-likeness (QED) is 0.721. The van der Waals surface area contributed by atoms with Crippen LogP contribution in [0.4, 0.5) is 4.39 Å². The molecule has 1 aromatic rings. The lowest BCUT2D eigenvalue weighted by Crippen LogP contribution is -2.29. The summed E-state index contributed by atoms with van der Waals surface area (Å²) in [6.07, 6.45) is 3.32. The van der Waals surface area contributed by atoms with Crippen molar-refractivity contribution in [2.75, 3.05) is 0 Å². The van der Waals surface area contributed by atoms with E-state index < -0.39 is 22.6 Å². The van der Waals surface area contributed by atoms with Gasteiger partial charge in [0.2, 0.25) is 0 Å². The van der Waals surface area contributed by atoms with Crippen molar-refractivity contribution in [2.45, 2.75) is 46.5 Å². The molecule has 0 saturated heterocycles. The Bertz CT molecular complexity index is 754. The molecule has 0 aliphatic heterocycles. The summed E-state index contributed by atoms with van der Waals surface area (Å²) >= 11 is 0. The van der Waals surface area contributed by atoms with E-state index in [9.17, 15) is 19.7 Å². The smallest absolute Gasteiger partial charge is 0.169 e. The molecule has 0 unspecified atom stereocenters. The first kappa shape index (κ1) is 17.6. The Morgan fingerprint density at radius 2 is 1.64 bits per heavy atom. The summed E-state index contributed by atoms with van der Waals surface area (Å²) in [5, 5.41) is 19.5. The van der Waals surface area contributed by atoms with Crippen LogP contribution in [0, 0.1) is 56.6 Å². The van der Waals surface area contributed by atoms with E-state index in [0.717, 1.165) is 25.7 Å². The van der Waals surface area contributed by atoms with E-state index in [1.165, 1.54) is 24.3 Å². The van der Waals surface area contributed by atoms with E-state index in [1.54, 1.807) is 0 Å². The predicted octanol–water partition coefficient (Wildman–Crippen LogP) is 4.89. The topological polar surface area (TPSA) is 64.7 Å². The Balaban J connectivity index is 1.90. The number of halogens is 1. The van der Waals surface area contributed by atoms with Crippen molar-refractivity contribution in [3.05, 3.63) is 35.6 Å². The van der Waals surface area contributed by atoms with Gasteiger partial charge in [0, 0.05) is 11.0 Å². The Hall–Kier alpha value is -2.20. The van der Waals surface area contributed by atoms with Crippen molar-refractivity contribution < 1.29 is 9.18 Å². The average Bonchev–Trinajstić information content (AvgIpc) is 3.15. The number of nitrogens with zero attached hydrogens (tertiary/aromatic N) is 2. The molecule has 0 amide bonds. The minimum Gasteiger partial charge on any atom is -0.294 e. The van der Waals surface area contributed by atoms with Gasteiger partial charge in [-0.25, -0.2) is 4.39 Å². The summed E-state index contributed by atoms with van der Waals surface area (Å²) in [7, 11) is 0. The summed E-state index contributed by atoms with van der Waals surface area (Å²) in [6.45, 7) is 6.64. The first-order valence-corrected chi connectivity index (χ1v) is 8.84. The van der Waals surface area contributed by atoms with Crippen molar-refractivity contribution >= 4 is 5.78 Å². The molecule has 3 rings (SSSR count). The average molecular weight is 338 g/mol. The number of Topliss-reactive ketones (excluding diaryl/α,β-unsaturated/α-hetero) is 1. The molecule has 2 saturated carbocycles. The highest BCUT2D eigenvalue weighted by Gasteiger charge is 2.80. The van der Waals surface area contributed by atoms with Crippen LogP contribution in [0.2, 0.25) is 0 Å². The van der Waals surface area contributed by atoms with Gasteiger partial charge in [-0.2, -0.15) is 10.5 Å². The number of carbonyl (C=O) groups is 1. The second-order valence-electron chi connectivity index (χ2n) is 8.63. The highest BCUT2D eigenvalue weighted by molar-refractivity contribution is 6.02. The number of carbonyl (C=O) groups excluding carboxylic acids is 1. The number of hydrogen-bond acceptors (Lipinski definition) is 3. The summed E-state index contributed by atoms with van der Waals surface area (Å²) in [4.78, 5) is 13.0. The summed E-state index contributed by atoms with van der Waals surface area (Å²) < 4.78 is 13.1. The Morgan fingerprint density at radius 3 is 2.08 bits per heavy atom. The molecular weight excluding hydrogens is 315 g/mol. The maximum absolute atomic E-state index is 13.1. The largest absolute Gasteiger partial charge is 0.294 e. The van der Waals surface area contributed by atoms with E-state index >= 15 is 0 Å². The SMILES string of the molecule is CC(C)(C)C1CCC2(CC1)[C@@H](C(=O)c1ccc(F)cc1)C2(C#N)C#N. The van der Waals surface area contributed by atoms with Gasteiger partial charge in [-0.3, -0.25) is 4.79 Å². The summed E-state index contributed by atoms with van der Waals surface area (Å²) in [5.41, 5.74) is -1.20. The first-order chi connectivity index (χ1) is 11.7. The van der Waals surface area contributed by atoms with Crippen LogP contribution in [0.5, 0.6) is 0 Å². The van der Waals surface area contributed by atoms with E-state index in [4.69, 9.17) is 0 Å². The van der Waals surface area contributed by atoms with Crippen LogP contribution in [-0.4, -0.2) is 5.78 Å². The number of rotatable bonds is 2. The van der Waals surface area contributed by atoms with Gasteiger partial charge in [-0.1, -0.05) is 20.8 Å². The maximum atomic E-state index is 13.1. The molecule has 2 aliphatic carbocycles. The van der Waals surface area contributed by atoms with Gasteiger partial charge in [0.25, 0.3) is 0 Å². The molecular formula is C21H23FN2O. The Labute approximate surface area is 148 Å². The molecule has 0 aromatic heterocycles. The zero-order valence-corrected chi connectivity index (χ0v) is 15.0. The van der Waals surface area contributed by atoms with Crippen LogP contribution < -0.4 is 0 Å². The highest BCUT2D eigenvalue weighted by atomic mass is 19.1.